The van der Waals surface area contributed by atoms with E-state index in [4.69, 9.17) is 9.47 Å². The Morgan fingerprint density at radius 3 is 1.98 bits per heavy atom. The maximum Gasteiger partial charge on any atom is 0.408 e. The molecule has 6 N–H and O–H groups in total. The molecule has 1 aromatic heterocycles. The van der Waals surface area contributed by atoms with Crippen molar-refractivity contribution in [2.24, 2.45) is 0 Å². The van der Waals surface area contributed by atoms with Gasteiger partial charge in [0.1, 0.15) is 24.8 Å². The van der Waals surface area contributed by atoms with Gasteiger partial charge in [-0.15, -0.1) is 0 Å². The molecular formula is C43H46N6O9. The summed E-state index contributed by atoms with van der Waals surface area (Å²) >= 11 is 0. The highest BCUT2D eigenvalue weighted by atomic mass is 16.5. The van der Waals surface area contributed by atoms with Gasteiger partial charge in [0.15, 0.2) is 0 Å². The highest BCUT2D eigenvalue weighted by Gasteiger charge is 2.37. The van der Waals surface area contributed by atoms with Crippen molar-refractivity contribution in [1.82, 2.24) is 31.6 Å². The van der Waals surface area contributed by atoms with Crippen molar-refractivity contribution in [3.63, 3.8) is 0 Å². The van der Waals surface area contributed by atoms with Crippen LogP contribution >= 0.6 is 0 Å². The predicted octanol–water partition coefficient (Wildman–Crippen LogP) is 4.34. The van der Waals surface area contributed by atoms with Gasteiger partial charge in [0.25, 0.3) is 0 Å². The summed E-state index contributed by atoms with van der Waals surface area (Å²) in [5.41, 5.74) is 2.16. The van der Waals surface area contributed by atoms with E-state index in [2.05, 4.69) is 36.3 Å². The number of ether oxygens (including phenoxy) is 3. The summed E-state index contributed by atoms with van der Waals surface area (Å²) in [6.45, 7) is 0.805. The van der Waals surface area contributed by atoms with Gasteiger partial charge in [-0.25, -0.2) is 14.4 Å². The molecule has 4 aromatic carbocycles. The van der Waals surface area contributed by atoms with Crippen molar-refractivity contribution >= 4 is 46.8 Å². The van der Waals surface area contributed by atoms with Gasteiger partial charge in [0.2, 0.25) is 11.8 Å². The lowest BCUT2D eigenvalue weighted by molar-refractivity contribution is -0.153. The molecular weight excluding hydrogens is 745 g/mol. The lowest BCUT2D eigenvalue weighted by atomic mass is 9.91. The first-order valence-electron chi connectivity index (χ1n) is 18.5. The maximum atomic E-state index is 14.2. The molecule has 0 bridgehead atoms. The molecule has 302 valence electrons. The van der Waals surface area contributed by atoms with Gasteiger partial charge >= 0.3 is 24.1 Å². The predicted molar refractivity (Wildman–Crippen MR) is 214 cm³/mol. The van der Waals surface area contributed by atoms with Crippen molar-refractivity contribution in [3.05, 3.63) is 144 Å². The molecule has 5 rings (SSSR count). The minimum absolute atomic E-state index is 0.0273. The quantitative estimate of drug-likeness (QED) is 0.0551. The van der Waals surface area contributed by atoms with E-state index >= 15 is 0 Å². The van der Waals surface area contributed by atoms with Crippen LogP contribution in [0.1, 0.15) is 41.6 Å². The van der Waals surface area contributed by atoms with E-state index in [-0.39, 0.29) is 26.2 Å². The molecule has 15 heteroatoms. The second-order valence-corrected chi connectivity index (χ2v) is 13.5. The second kappa shape index (κ2) is 20.7. The van der Waals surface area contributed by atoms with E-state index < -0.39 is 66.5 Å². The fourth-order valence-electron chi connectivity index (χ4n) is 6.05. The lowest BCUT2D eigenvalue weighted by Gasteiger charge is -2.31. The minimum atomic E-state index is -1.60. The van der Waals surface area contributed by atoms with E-state index in [1.807, 2.05) is 60.7 Å². The van der Waals surface area contributed by atoms with Gasteiger partial charge in [0.05, 0.1) is 26.1 Å². The van der Waals surface area contributed by atoms with Crippen LogP contribution in [-0.2, 0) is 53.0 Å². The number of aromatic nitrogens is 1. The Bertz CT molecular complexity index is 2160. The summed E-state index contributed by atoms with van der Waals surface area (Å²) in [7, 11) is 1.14. The molecule has 0 fully saturated rings. The number of alkyl carbamates (subject to hydrolysis) is 1. The summed E-state index contributed by atoms with van der Waals surface area (Å²) in [6.07, 6.45) is 0.578. The van der Waals surface area contributed by atoms with E-state index in [1.165, 1.54) is 6.92 Å². The van der Waals surface area contributed by atoms with Crippen molar-refractivity contribution in [2.45, 2.75) is 50.6 Å². The van der Waals surface area contributed by atoms with Crippen molar-refractivity contribution in [1.29, 1.82) is 0 Å². The third-order valence-electron chi connectivity index (χ3n) is 9.13. The molecule has 1 heterocycles. The zero-order valence-electron chi connectivity index (χ0n) is 32.1. The van der Waals surface area contributed by atoms with Gasteiger partial charge < -0.3 is 45.8 Å². The molecule has 0 unspecified atom stereocenters. The number of para-hydroxylation sites is 1. The monoisotopic (exact) mass is 790 g/mol. The number of benzene rings is 4. The zero-order valence-corrected chi connectivity index (χ0v) is 32.1. The molecule has 0 aliphatic heterocycles. The number of hydrogen-bond donors (Lipinski definition) is 6. The molecule has 0 aliphatic rings. The summed E-state index contributed by atoms with van der Waals surface area (Å²) in [5.74, 6) is -3.03. The number of fused-ring (bicyclic) bond motifs is 1. The number of esters is 2. The van der Waals surface area contributed by atoms with Crippen LogP contribution in [0.5, 0.6) is 0 Å². The van der Waals surface area contributed by atoms with Crippen LogP contribution < -0.4 is 26.6 Å². The molecule has 5 aromatic rings. The molecule has 0 radical (unpaired) electrons. The van der Waals surface area contributed by atoms with Crippen LogP contribution in [0.25, 0.3) is 10.9 Å². The van der Waals surface area contributed by atoms with Gasteiger partial charge in [-0.1, -0.05) is 109 Å². The SMILES string of the molecule is COC(=O)C[C@H](NC(=O)CNC(=O)N[C@](C)(Cc1c[nH]c2ccccc12)C(=O)NC[C@H](NC(=O)OCc1ccccc1)c1ccccc1)C(=O)OCc1ccccc1. The van der Waals surface area contributed by atoms with E-state index in [1.54, 1.807) is 60.8 Å². The van der Waals surface area contributed by atoms with E-state index in [0.717, 1.165) is 29.1 Å². The average Bonchev–Trinajstić information content (AvgIpc) is 3.65. The molecule has 58 heavy (non-hydrogen) atoms. The number of nitrogens with one attached hydrogen (secondary N) is 6. The number of aromatic amines is 1. The third-order valence-corrected chi connectivity index (χ3v) is 9.13. The Balaban J connectivity index is 1.25. The number of methoxy groups -OCH3 is 1. The van der Waals surface area contributed by atoms with E-state index in [0.29, 0.717) is 11.1 Å². The molecule has 5 amide bonds. The topological polar surface area (TPSA) is 206 Å². The normalized spacial score (nSPS) is 12.8. The number of amides is 5. The first kappa shape index (κ1) is 42.0. The van der Waals surface area contributed by atoms with Crippen LogP contribution in [0.15, 0.2) is 121 Å². The zero-order chi connectivity index (χ0) is 41.3. The molecule has 0 saturated carbocycles. The first-order chi connectivity index (χ1) is 28.0. The Hall–Kier alpha value is -7.16. The summed E-state index contributed by atoms with van der Waals surface area (Å²) in [5, 5.41) is 14.1. The minimum Gasteiger partial charge on any atom is -0.469 e. The lowest BCUT2D eigenvalue weighted by Crippen LogP contribution is -2.61. The molecule has 0 aliphatic carbocycles. The highest BCUT2D eigenvalue weighted by molar-refractivity contribution is 5.94. The van der Waals surface area contributed by atoms with Crippen molar-refractivity contribution in [2.75, 3.05) is 20.2 Å². The van der Waals surface area contributed by atoms with Crippen LogP contribution in [-0.4, -0.2) is 72.6 Å². The van der Waals surface area contributed by atoms with Crippen LogP contribution in [0.2, 0.25) is 0 Å². The molecule has 0 spiro atoms. The molecule has 0 saturated heterocycles. The van der Waals surface area contributed by atoms with Crippen molar-refractivity contribution < 1.29 is 43.0 Å². The summed E-state index contributed by atoms with van der Waals surface area (Å²) in [4.78, 5) is 81.6. The number of carbonyl (C=O) groups is 6. The van der Waals surface area contributed by atoms with Crippen LogP contribution in [0.4, 0.5) is 9.59 Å². The summed E-state index contributed by atoms with van der Waals surface area (Å²) < 4.78 is 15.4. The summed E-state index contributed by atoms with van der Waals surface area (Å²) in [6, 6.07) is 31.6. The van der Waals surface area contributed by atoms with Crippen LogP contribution in [0, 0.1) is 0 Å². The smallest absolute Gasteiger partial charge is 0.408 e. The second-order valence-electron chi connectivity index (χ2n) is 13.5. The molecule has 15 nitrogen and oxygen atoms in total. The Kier molecular flexibility index (Phi) is 15.0. The van der Waals surface area contributed by atoms with Gasteiger partial charge in [-0.2, -0.15) is 0 Å². The van der Waals surface area contributed by atoms with E-state index in [9.17, 15) is 28.8 Å². The Morgan fingerprint density at radius 2 is 1.33 bits per heavy atom. The van der Waals surface area contributed by atoms with Gasteiger partial charge in [-0.05, 0) is 35.2 Å². The van der Waals surface area contributed by atoms with Gasteiger partial charge in [0, 0.05) is 30.1 Å². The van der Waals surface area contributed by atoms with Gasteiger partial charge in [-0.3, -0.25) is 14.4 Å². The first-order valence-corrected chi connectivity index (χ1v) is 18.5. The van der Waals surface area contributed by atoms with Crippen LogP contribution in [0.3, 0.4) is 0 Å². The number of carbonyl (C=O) groups excluding carboxylic acids is 6. The number of rotatable bonds is 18. The fourth-order valence-corrected chi connectivity index (χ4v) is 6.05. The third kappa shape index (κ3) is 12.4. The average molecular weight is 791 g/mol. The highest BCUT2D eigenvalue weighted by Crippen LogP contribution is 2.23. The number of H-pyrrole nitrogens is 1. The number of urea groups is 1. The Labute approximate surface area is 335 Å². The van der Waals surface area contributed by atoms with Crippen molar-refractivity contribution in [3.8, 4) is 0 Å². The Morgan fingerprint density at radius 1 is 0.724 bits per heavy atom. The standard InChI is InChI=1S/C43H46N6O9/c1-43(23-32-24-44-34-21-13-12-20-33(32)34,40(53)45-25-36(31-18-10-5-11-19-31)48-42(55)58-28-30-16-8-4-9-17-30)49-41(54)46-26-37(50)47-35(22-38(51)56-2)39(52)57-27-29-14-6-3-7-15-29/h3-21,24,35-36,44H,22-23,25-28H2,1-2H3,(H,45,53)(H,47,50)(H,48,55)(H2,46,49,54)/t35-,36-,43+/m0/s1. The number of hydrogen-bond acceptors (Lipinski definition) is 9. The fraction of sp³-hybridized carbons (Fsp3) is 0.256. The largest absolute Gasteiger partial charge is 0.469 e. The molecule has 3 atom stereocenters. The maximum absolute atomic E-state index is 14.2.